The van der Waals surface area contributed by atoms with E-state index in [1.807, 2.05) is 53.9 Å². The molecule has 1 heterocycles. The number of rotatable bonds is 6. The molecule has 24 heavy (non-hydrogen) atoms. The van der Waals surface area contributed by atoms with E-state index in [0.29, 0.717) is 5.92 Å². The summed E-state index contributed by atoms with van der Waals surface area (Å²) in [5.74, 6) is 0.959. The van der Waals surface area contributed by atoms with Gasteiger partial charge in [-0.3, -0.25) is 4.79 Å². The highest BCUT2D eigenvalue weighted by Gasteiger charge is 2.19. The van der Waals surface area contributed by atoms with Gasteiger partial charge in [-0.1, -0.05) is 56.3 Å². The third kappa shape index (κ3) is 3.77. The number of carbonyl (C=O) groups is 1. The molecule has 1 atom stereocenters. The minimum atomic E-state index is -0.102. The molecule has 124 valence electrons. The van der Waals surface area contributed by atoms with Crippen LogP contribution in [0.2, 0.25) is 0 Å². The van der Waals surface area contributed by atoms with E-state index in [0.717, 1.165) is 16.5 Å². The summed E-state index contributed by atoms with van der Waals surface area (Å²) in [6.07, 6.45) is 0. The number of carbonyl (C=O) groups excluding carboxylic acids is 1. The van der Waals surface area contributed by atoms with Crippen LogP contribution in [0.15, 0.2) is 60.0 Å². The van der Waals surface area contributed by atoms with Crippen LogP contribution in [0.3, 0.4) is 0 Å². The van der Waals surface area contributed by atoms with Gasteiger partial charge in [0.1, 0.15) is 5.75 Å². The fourth-order valence-corrected chi connectivity index (χ4v) is 3.66. The van der Waals surface area contributed by atoms with Gasteiger partial charge in [-0.25, -0.2) is 0 Å². The molecule has 3 rings (SSSR count). The molecule has 0 aliphatic heterocycles. The van der Waals surface area contributed by atoms with Gasteiger partial charge in [0.25, 0.3) is 5.91 Å². The third-order valence-electron chi connectivity index (χ3n) is 3.94. The summed E-state index contributed by atoms with van der Waals surface area (Å²) in [5, 5.41) is 7.24. The van der Waals surface area contributed by atoms with Gasteiger partial charge >= 0.3 is 0 Å². The Hall–Kier alpha value is -2.33. The summed E-state index contributed by atoms with van der Waals surface area (Å²) >= 11 is 1.66. The molecule has 0 saturated carbocycles. The Labute approximate surface area is 146 Å². The monoisotopic (exact) mass is 339 g/mol. The van der Waals surface area contributed by atoms with Crippen molar-refractivity contribution < 1.29 is 9.53 Å². The molecule has 1 N–H and O–H groups in total. The first-order valence-corrected chi connectivity index (χ1v) is 8.96. The van der Waals surface area contributed by atoms with Crippen LogP contribution in [0.5, 0.6) is 5.75 Å². The fraction of sp³-hybridized carbons (Fsp3) is 0.250. The molecule has 0 radical (unpaired) electrons. The summed E-state index contributed by atoms with van der Waals surface area (Å²) in [5.41, 5.74) is 0. The first-order chi connectivity index (χ1) is 11.6. The van der Waals surface area contributed by atoms with E-state index in [1.54, 1.807) is 11.3 Å². The Bertz CT molecular complexity index is 806. The molecule has 0 fully saturated rings. The smallest absolute Gasteiger partial charge is 0.258 e. The largest absolute Gasteiger partial charge is 0.483 e. The van der Waals surface area contributed by atoms with Crippen LogP contribution in [-0.4, -0.2) is 12.5 Å². The molecule has 1 amide bonds. The standard InChI is InChI=1S/C20H21NO2S/c1-14(2)20(18-11-6-12-24-18)21-19(22)13-23-17-10-5-8-15-7-3-4-9-16(15)17/h3-12,14,20H,13H2,1-2H3,(H,21,22). The van der Waals surface area contributed by atoms with E-state index in [2.05, 4.69) is 25.2 Å². The van der Waals surface area contributed by atoms with Crippen molar-refractivity contribution in [3.05, 3.63) is 64.9 Å². The molecule has 1 aromatic heterocycles. The topological polar surface area (TPSA) is 38.3 Å². The molecular formula is C20H21NO2S. The first-order valence-electron chi connectivity index (χ1n) is 8.08. The van der Waals surface area contributed by atoms with E-state index in [9.17, 15) is 4.79 Å². The number of fused-ring (bicyclic) bond motifs is 1. The summed E-state index contributed by atoms with van der Waals surface area (Å²) in [4.78, 5) is 13.5. The van der Waals surface area contributed by atoms with Gasteiger partial charge < -0.3 is 10.1 Å². The van der Waals surface area contributed by atoms with Gasteiger partial charge in [-0.2, -0.15) is 0 Å². The van der Waals surface area contributed by atoms with E-state index in [4.69, 9.17) is 4.74 Å². The second kappa shape index (κ2) is 7.49. The van der Waals surface area contributed by atoms with Crippen molar-refractivity contribution in [3.63, 3.8) is 0 Å². The van der Waals surface area contributed by atoms with Crippen LogP contribution in [-0.2, 0) is 4.79 Å². The maximum Gasteiger partial charge on any atom is 0.258 e. The van der Waals surface area contributed by atoms with Crippen molar-refractivity contribution in [3.8, 4) is 5.75 Å². The number of hydrogen-bond donors (Lipinski definition) is 1. The van der Waals surface area contributed by atoms with Crippen LogP contribution < -0.4 is 10.1 Å². The van der Waals surface area contributed by atoms with E-state index in [-0.39, 0.29) is 18.6 Å². The zero-order valence-corrected chi connectivity index (χ0v) is 14.7. The predicted octanol–water partition coefficient (Wildman–Crippen LogP) is 4.79. The van der Waals surface area contributed by atoms with Crippen molar-refractivity contribution in [1.29, 1.82) is 0 Å². The first kappa shape index (κ1) is 16.5. The average Bonchev–Trinajstić information content (AvgIpc) is 3.11. The minimum absolute atomic E-state index is 0.0165. The highest BCUT2D eigenvalue weighted by atomic mass is 32.1. The zero-order chi connectivity index (χ0) is 16.9. The molecule has 1 unspecified atom stereocenters. The average molecular weight is 339 g/mol. The lowest BCUT2D eigenvalue weighted by Crippen LogP contribution is -2.34. The molecule has 0 aliphatic rings. The van der Waals surface area contributed by atoms with Gasteiger partial charge in [0.05, 0.1) is 6.04 Å². The Morgan fingerprint density at radius 3 is 2.62 bits per heavy atom. The number of amides is 1. The van der Waals surface area contributed by atoms with Crippen LogP contribution >= 0.6 is 11.3 Å². The SMILES string of the molecule is CC(C)C(NC(=O)COc1cccc2ccccc12)c1cccs1. The number of ether oxygens (including phenoxy) is 1. The molecule has 3 nitrogen and oxygen atoms in total. The van der Waals surface area contributed by atoms with Crippen LogP contribution in [0, 0.1) is 5.92 Å². The maximum absolute atomic E-state index is 12.3. The summed E-state index contributed by atoms with van der Waals surface area (Å²) in [7, 11) is 0. The summed E-state index contributed by atoms with van der Waals surface area (Å²) < 4.78 is 5.77. The van der Waals surface area contributed by atoms with Gasteiger partial charge in [0.15, 0.2) is 6.61 Å². The van der Waals surface area contributed by atoms with Crippen molar-refractivity contribution in [1.82, 2.24) is 5.32 Å². The lowest BCUT2D eigenvalue weighted by Gasteiger charge is -2.21. The Balaban J connectivity index is 1.66. The molecule has 0 bridgehead atoms. The van der Waals surface area contributed by atoms with Gasteiger partial charge in [0.2, 0.25) is 0 Å². The van der Waals surface area contributed by atoms with Crippen LogP contribution in [0.25, 0.3) is 10.8 Å². The quantitative estimate of drug-likeness (QED) is 0.701. The van der Waals surface area contributed by atoms with Crippen molar-refractivity contribution >= 4 is 28.0 Å². The van der Waals surface area contributed by atoms with Crippen LogP contribution in [0.1, 0.15) is 24.8 Å². The molecule has 4 heteroatoms. The summed E-state index contributed by atoms with van der Waals surface area (Å²) in [6.45, 7) is 4.23. The Morgan fingerprint density at radius 1 is 1.08 bits per heavy atom. The lowest BCUT2D eigenvalue weighted by atomic mass is 10.0. The van der Waals surface area contributed by atoms with E-state index < -0.39 is 0 Å². The van der Waals surface area contributed by atoms with Crippen LogP contribution in [0.4, 0.5) is 0 Å². The predicted molar refractivity (Wildman–Crippen MR) is 99.5 cm³/mol. The Morgan fingerprint density at radius 2 is 1.88 bits per heavy atom. The zero-order valence-electron chi connectivity index (χ0n) is 13.9. The number of benzene rings is 2. The minimum Gasteiger partial charge on any atom is -0.483 e. The van der Waals surface area contributed by atoms with Gasteiger partial charge in [-0.15, -0.1) is 11.3 Å². The molecule has 3 aromatic rings. The second-order valence-corrected chi connectivity index (χ2v) is 7.05. The fourth-order valence-electron chi connectivity index (χ4n) is 2.71. The molecule has 0 saturated heterocycles. The molecular weight excluding hydrogens is 318 g/mol. The molecule has 0 spiro atoms. The number of thiophene rings is 1. The maximum atomic E-state index is 12.3. The van der Waals surface area contributed by atoms with Gasteiger partial charge in [-0.05, 0) is 28.8 Å². The van der Waals surface area contributed by atoms with E-state index in [1.165, 1.54) is 4.88 Å². The van der Waals surface area contributed by atoms with Crippen molar-refractivity contribution in [2.75, 3.05) is 6.61 Å². The molecule has 0 aliphatic carbocycles. The number of hydrogen-bond acceptors (Lipinski definition) is 3. The molecule has 2 aromatic carbocycles. The number of nitrogens with one attached hydrogen (secondary N) is 1. The summed E-state index contributed by atoms with van der Waals surface area (Å²) in [6, 6.07) is 18.0. The van der Waals surface area contributed by atoms with Gasteiger partial charge in [0, 0.05) is 10.3 Å². The van der Waals surface area contributed by atoms with Crippen molar-refractivity contribution in [2.24, 2.45) is 5.92 Å². The highest BCUT2D eigenvalue weighted by Crippen LogP contribution is 2.27. The van der Waals surface area contributed by atoms with Crippen molar-refractivity contribution in [2.45, 2.75) is 19.9 Å². The third-order valence-corrected chi connectivity index (χ3v) is 4.90. The second-order valence-electron chi connectivity index (χ2n) is 6.07. The van der Waals surface area contributed by atoms with E-state index >= 15 is 0 Å². The lowest BCUT2D eigenvalue weighted by molar-refractivity contribution is -0.124. The Kier molecular flexibility index (Phi) is 5.16. The highest BCUT2D eigenvalue weighted by molar-refractivity contribution is 7.10. The normalized spacial score (nSPS) is 12.3.